The lowest BCUT2D eigenvalue weighted by Crippen LogP contribution is -2.31. The molecule has 0 aliphatic carbocycles. The number of hydrogen-bond acceptors (Lipinski definition) is 2. The molecular weight excluding hydrogens is 253 g/mol. The Morgan fingerprint density at radius 3 is 3.06 bits per heavy atom. The van der Waals surface area contributed by atoms with Gasteiger partial charge in [-0.2, -0.15) is 0 Å². The summed E-state index contributed by atoms with van der Waals surface area (Å²) in [4.78, 5) is 0. The van der Waals surface area contributed by atoms with Gasteiger partial charge in [-0.1, -0.05) is 23.7 Å². The van der Waals surface area contributed by atoms with Crippen LogP contribution in [0.5, 0.6) is 0 Å². The van der Waals surface area contributed by atoms with Crippen LogP contribution in [0.2, 0.25) is 5.02 Å². The third-order valence-corrected chi connectivity index (χ3v) is 3.90. The van der Waals surface area contributed by atoms with Gasteiger partial charge in [-0.05, 0) is 44.4 Å². The van der Waals surface area contributed by atoms with Crippen LogP contribution < -0.4 is 5.32 Å². The second-order valence-electron chi connectivity index (χ2n) is 4.77. The molecule has 0 bridgehead atoms. The van der Waals surface area contributed by atoms with Gasteiger partial charge < -0.3 is 10.1 Å². The van der Waals surface area contributed by atoms with Crippen molar-refractivity contribution in [1.29, 1.82) is 0 Å². The van der Waals surface area contributed by atoms with Gasteiger partial charge in [0, 0.05) is 12.6 Å². The van der Waals surface area contributed by atoms with Crippen LogP contribution in [0.15, 0.2) is 18.2 Å². The third kappa shape index (κ3) is 3.44. The minimum Gasteiger partial charge on any atom is -0.378 e. The van der Waals surface area contributed by atoms with Crippen LogP contribution in [0.3, 0.4) is 0 Å². The number of benzene rings is 1. The van der Waals surface area contributed by atoms with E-state index in [-0.39, 0.29) is 16.9 Å². The predicted octanol–water partition coefficient (Wildman–Crippen LogP) is 3.18. The van der Waals surface area contributed by atoms with E-state index in [9.17, 15) is 4.39 Å². The molecule has 0 spiro atoms. The Morgan fingerprint density at radius 2 is 2.39 bits per heavy atom. The van der Waals surface area contributed by atoms with Crippen LogP contribution in [-0.4, -0.2) is 25.8 Å². The van der Waals surface area contributed by atoms with Gasteiger partial charge in [-0.25, -0.2) is 4.39 Å². The third-order valence-electron chi connectivity index (χ3n) is 3.48. The smallest absolute Gasteiger partial charge is 0.142 e. The van der Waals surface area contributed by atoms with Crippen molar-refractivity contribution in [1.82, 2.24) is 5.32 Å². The summed E-state index contributed by atoms with van der Waals surface area (Å²) < 4.78 is 19.0. The standard InChI is InChI=1S/C14H19ClFNO/c1-17-11(9-12-5-3-7-18-12)8-10-4-2-6-13(16)14(10)15/h2,4,6,11-12,17H,3,5,7-9H2,1H3. The molecule has 2 atom stereocenters. The SMILES string of the molecule is CNC(Cc1cccc(F)c1Cl)CC1CCCO1. The maximum Gasteiger partial charge on any atom is 0.142 e. The van der Waals surface area contributed by atoms with Crippen LogP contribution in [0.4, 0.5) is 4.39 Å². The summed E-state index contributed by atoms with van der Waals surface area (Å²) >= 11 is 5.98. The normalized spacial score (nSPS) is 21.2. The van der Waals surface area contributed by atoms with E-state index < -0.39 is 0 Å². The molecule has 1 fully saturated rings. The molecule has 0 radical (unpaired) electrons. The van der Waals surface area contributed by atoms with Gasteiger partial charge in [-0.3, -0.25) is 0 Å². The lowest BCUT2D eigenvalue weighted by Gasteiger charge is -2.20. The van der Waals surface area contributed by atoms with E-state index in [4.69, 9.17) is 16.3 Å². The molecule has 0 saturated carbocycles. The molecule has 100 valence electrons. The molecule has 0 amide bonds. The van der Waals surface area contributed by atoms with Crippen LogP contribution in [-0.2, 0) is 11.2 Å². The molecule has 1 N–H and O–H groups in total. The number of likely N-dealkylation sites (N-methyl/N-ethyl adjacent to an activating group) is 1. The molecule has 1 heterocycles. The van der Waals surface area contributed by atoms with E-state index >= 15 is 0 Å². The predicted molar refractivity (Wildman–Crippen MR) is 71.6 cm³/mol. The second-order valence-corrected chi connectivity index (χ2v) is 5.15. The van der Waals surface area contributed by atoms with Crippen molar-refractivity contribution in [2.24, 2.45) is 0 Å². The Labute approximate surface area is 112 Å². The van der Waals surface area contributed by atoms with Gasteiger partial charge >= 0.3 is 0 Å². The molecule has 0 aromatic heterocycles. The fourth-order valence-electron chi connectivity index (χ4n) is 2.42. The van der Waals surface area contributed by atoms with Crippen molar-refractivity contribution in [3.63, 3.8) is 0 Å². The maximum atomic E-state index is 13.4. The molecule has 2 rings (SSSR count). The largest absolute Gasteiger partial charge is 0.378 e. The van der Waals surface area contributed by atoms with Crippen molar-refractivity contribution in [2.45, 2.75) is 37.8 Å². The Kier molecular flexibility index (Phi) is 4.98. The van der Waals surface area contributed by atoms with E-state index in [1.165, 1.54) is 6.07 Å². The number of halogens is 2. The van der Waals surface area contributed by atoms with Gasteiger partial charge in [-0.15, -0.1) is 0 Å². The highest BCUT2D eigenvalue weighted by Crippen LogP contribution is 2.23. The number of ether oxygens (including phenoxy) is 1. The lowest BCUT2D eigenvalue weighted by molar-refractivity contribution is 0.0954. The summed E-state index contributed by atoms with van der Waals surface area (Å²) in [6.45, 7) is 0.863. The van der Waals surface area contributed by atoms with E-state index in [1.54, 1.807) is 6.07 Å². The minimum atomic E-state index is -0.346. The van der Waals surface area contributed by atoms with Gasteiger partial charge in [0.05, 0.1) is 11.1 Å². The van der Waals surface area contributed by atoms with E-state index in [0.29, 0.717) is 6.10 Å². The van der Waals surface area contributed by atoms with Crippen LogP contribution in [0.25, 0.3) is 0 Å². The zero-order valence-corrected chi connectivity index (χ0v) is 11.3. The summed E-state index contributed by atoms with van der Waals surface area (Å²) in [6, 6.07) is 5.24. The summed E-state index contributed by atoms with van der Waals surface area (Å²) in [6.07, 6.45) is 4.27. The highest BCUT2D eigenvalue weighted by atomic mass is 35.5. The molecule has 1 saturated heterocycles. The molecule has 1 aliphatic heterocycles. The summed E-state index contributed by atoms with van der Waals surface area (Å²) in [5, 5.41) is 3.50. The highest BCUT2D eigenvalue weighted by molar-refractivity contribution is 6.31. The molecule has 1 aromatic carbocycles. The Balaban J connectivity index is 1.98. The zero-order valence-electron chi connectivity index (χ0n) is 10.6. The zero-order chi connectivity index (χ0) is 13.0. The number of nitrogens with one attached hydrogen (secondary N) is 1. The van der Waals surface area contributed by atoms with Crippen molar-refractivity contribution in [3.8, 4) is 0 Å². The molecule has 4 heteroatoms. The molecule has 2 unspecified atom stereocenters. The molecule has 18 heavy (non-hydrogen) atoms. The van der Waals surface area contributed by atoms with Crippen LogP contribution in [0.1, 0.15) is 24.8 Å². The van der Waals surface area contributed by atoms with Gasteiger partial charge in [0.25, 0.3) is 0 Å². The fourth-order valence-corrected chi connectivity index (χ4v) is 2.63. The Hall–Kier alpha value is -0.640. The topological polar surface area (TPSA) is 21.3 Å². The minimum absolute atomic E-state index is 0.241. The first-order chi connectivity index (χ1) is 8.70. The second kappa shape index (κ2) is 6.50. The van der Waals surface area contributed by atoms with Crippen LogP contribution >= 0.6 is 11.6 Å². The Bertz CT molecular complexity index is 393. The van der Waals surface area contributed by atoms with Crippen molar-refractivity contribution < 1.29 is 9.13 Å². The van der Waals surface area contributed by atoms with Gasteiger partial charge in [0.15, 0.2) is 0 Å². The molecule has 2 nitrogen and oxygen atoms in total. The van der Waals surface area contributed by atoms with E-state index in [1.807, 2.05) is 13.1 Å². The van der Waals surface area contributed by atoms with E-state index in [2.05, 4.69) is 5.32 Å². The summed E-state index contributed by atoms with van der Waals surface area (Å²) in [5.41, 5.74) is 0.856. The monoisotopic (exact) mass is 271 g/mol. The first-order valence-electron chi connectivity index (χ1n) is 6.42. The molecular formula is C14H19ClFNO. The van der Waals surface area contributed by atoms with Crippen molar-refractivity contribution in [3.05, 3.63) is 34.6 Å². The van der Waals surface area contributed by atoms with Crippen molar-refractivity contribution in [2.75, 3.05) is 13.7 Å². The maximum absolute atomic E-state index is 13.4. The van der Waals surface area contributed by atoms with E-state index in [0.717, 1.165) is 37.9 Å². The molecule has 1 aliphatic rings. The lowest BCUT2D eigenvalue weighted by atomic mass is 9.99. The molecule has 1 aromatic rings. The first kappa shape index (κ1) is 13.8. The highest BCUT2D eigenvalue weighted by Gasteiger charge is 2.21. The summed E-state index contributed by atoms with van der Waals surface area (Å²) in [5.74, 6) is -0.346. The van der Waals surface area contributed by atoms with Crippen molar-refractivity contribution >= 4 is 11.6 Å². The van der Waals surface area contributed by atoms with Crippen LogP contribution in [0, 0.1) is 5.82 Å². The van der Waals surface area contributed by atoms with Gasteiger partial charge in [0.1, 0.15) is 5.82 Å². The average molecular weight is 272 g/mol. The summed E-state index contributed by atoms with van der Waals surface area (Å²) in [7, 11) is 1.92. The average Bonchev–Trinajstić information content (AvgIpc) is 2.86. The quantitative estimate of drug-likeness (QED) is 0.888. The number of rotatable bonds is 5. The fraction of sp³-hybridized carbons (Fsp3) is 0.571. The first-order valence-corrected chi connectivity index (χ1v) is 6.80. The Morgan fingerprint density at radius 1 is 1.56 bits per heavy atom. The van der Waals surface area contributed by atoms with Gasteiger partial charge in [0.2, 0.25) is 0 Å². The number of hydrogen-bond donors (Lipinski definition) is 1.